The molecular formula is C14H13N3O2. The number of benzene rings is 1. The summed E-state index contributed by atoms with van der Waals surface area (Å²) in [6, 6.07) is 6.98. The quantitative estimate of drug-likeness (QED) is 0.623. The summed E-state index contributed by atoms with van der Waals surface area (Å²) in [5.41, 5.74) is 7.60. The van der Waals surface area contributed by atoms with Crippen LogP contribution in [-0.2, 0) is 9.59 Å². The number of carbonyl (C=O) groups is 2. The second-order valence-electron chi connectivity index (χ2n) is 4.55. The van der Waals surface area contributed by atoms with Crippen molar-refractivity contribution < 1.29 is 9.59 Å². The Morgan fingerprint density at radius 1 is 1.11 bits per heavy atom. The lowest BCUT2D eigenvalue weighted by atomic mass is 10.1. The Bertz CT molecular complexity index is 665. The smallest absolute Gasteiger partial charge is 0.233 e. The number of aromatic nitrogens is 1. The van der Waals surface area contributed by atoms with Crippen LogP contribution in [0.15, 0.2) is 30.5 Å². The zero-order valence-electron chi connectivity index (χ0n) is 10.3. The van der Waals surface area contributed by atoms with Crippen LogP contribution in [0, 0.1) is 0 Å². The number of amides is 2. The van der Waals surface area contributed by atoms with Crippen LogP contribution in [0.3, 0.4) is 0 Å². The predicted molar refractivity (Wildman–Crippen MR) is 72.5 cm³/mol. The Labute approximate surface area is 110 Å². The van der Waals surface area contributed by atoms with Gasteiger partial charge in [0.2, 0.25) is 11.8 Å². The van der Waals surface area contributed by atoms with E-state index >= 15 is 0 Å². The Morgan fingerprint density at radius 2 is 1.84 bits per heavy atom. The maximum absolute atomic E-state index is 12.0. The minimum Gasteiger partial charge on any atom is -0.397 e. The summed E-state index contributed by atoms with van der Waals surface area (Å²) in [7, 11) is 0. The second-order valence-corrected chi connectivity index (χ2v) is 4.55. The molecule has 0 unspecified atom stereocenters. The summed E-state index contributed by atoms with van der Waals surface area (Å²) in [6.07, 6.45) is 3.07. The monoisotopic (exact) mass is 255 g/mol. The predicted octanol–water partition coefficient (Wildman–Crippen LogP) is 1.86. The number of hydrogen-bond acceptors (Lipinski definition) is 4. The first-order valence-electron chi connectivity index (χ1n) is 6.17. The highest BCUT2D eigenvalue weighted by Crippen LogP contribution is 2.31. The Morgan fingerprint density at radius 3 is 2.58 bits per heavy atom. The fourth-order valence-electron chi connectivity index (χ4n) is 2.40. The van der Waals surface area contributed by atoms with E-state index in [1.54, 1.807) is 24.4 Å². The summed E-state index contributed by atoms with van der Waals surface area (Å²) in [6.45, 7) is 0. The third-order valence-corrected chi connectivity index (χ3v) is 3.30. The van der Waals surface area contributed by atoms with Crippen molar-refractivity contribution in [1.29, 1.82) is 0 Å². The van der Waals surface area contributed by atoms with Crippen molar-refractivity contribution in [1.82, 2.24) is 4.98 Å². The first-order valence-corrected chi connectivity index (χ1v) is 6.17. The molecule has 0 bridgehead atoms. The minimum absolute atomic E-state index is 0.161. The lowest BCUT2D eigenvalue weighted by molar-refractivity contribution is -0.128. The molecule has 2 amide bonds. The van der Waals surface area contributed by atoms with Gasteiger partial charge < -0.3 is 5.73 Å². The Balaban J connectivity index is 2.22. The molecule has 1 fully saturated rings. The lowest BCUT2D eigenvalue weighted by Gasteiger charge is -2.26. The Kier molecular flexibility index (Phi) is 2.67. The van der Waals surface area contributed by atoms with Gasteiger partial charge >= 0.3 is 0 Å². The van der Waals surface area contributed by atoms with Crippen molar-refractivity contribution in [3.63, 3.8) is 0 Å². The number of carbonyl (C=O) groups excluding carboxylic acids is 2. The molecule has 1 aliphatic heterocycles. The van der Waals surface area contributed by atoms with E-state index in [1.165, 1.54) is 4.90 Å². The third kappa shape index (κ3) is 1.83. The average Bonchev–Trinajstić information content (AvgIpc) is 2.41. The molecule has 0 atom stereocenters. The highest BCUT2D eigenvalue weighted by molar-refractivity contribution is 6.20. The van der Waals surface area contributed by atoms with Gasteiger partial charge in [-0.1, -0.05) is 0 Å². The summed E-state index contributed by atoms with van der Waals surface area (Å²) in [5.74, 6) is -0.322. The molecule has 0 radical (unpaired) electrons. The van der Waals surface area contributed by atoms with Crippen LogP contribution in [0.5, 0.6) is 0 Å². The summed E-state index contributed by atoms with van der Waals surface area (Å²) < 4.78 is 0. The molecule has 0 saturated carbocycles. The van der Waals surface area contributed by atoms with Crippen molar-refractivity contribution in [3.8, 4) is 0 Å². The van der Waals surface area contributed by atoms with Gasteiger partial charge in [-0.15, -0.1) is 0 Å². The van der Waals surface area contributed by atoms with Gasteiger partial charge in [-0.3, -0.25) is 14.6 Å². The van der Waals surface area contributed by atoms with E-state index in [-0.39, 0.29) is 11.8 Å². The van der Waals surface area contributed by atoms with Gasteiger partial charge in [-0.25, -0.2) is 4.90 Å². The molecule has 2 heterocycles. The second kappa shape index (κ2) is 4.35. The van der Waals surface area contributed by atoms with Crippen LogP contribution in [-0.4, -0.2) is 16.8 Å². The van der Waals surface area contributed by atoms with Crippen molar-refractivity contribution in [2.75, 3.05) is 10.6 Å². The molecular weight excluding hydrogens is 242 g/mol. The first kappa shape index (κ1) is 11.6. The highest BCUT2D eigenvalue weighted by Gasteiger charge is 2.28. The van der Waals surface area contributed by atoms with E-state index in [0.717, 1.165) is 5.39 Å². The van der Waals surface area contributed by atoms with Gasteiger partial charge in [-0.05, 0) is 30.7 Å². The van der Waals surface area contributed by atoms with Gasteiger partial charge in [0.1, 0.15) is 0 Å². The van der Waals surface area contributed by atoms with Crippen molar-refractivity contribution >= 4 is 34.1 Å². The number of hydrogen-bond donors (Lipinski definition) is 1. The molecule has 96 valence electrons. The lowest BCUT2D eigenvalue weighted by Crippen LogP contribution is -2.40. The van der Waals surface area contributed by atoms with Crippen LogP contribution in [0.2, 0.25) is 0 Å². The number of imide groups is 1. The third-order valence-electron chi connectivity index (χ3n) is 3.30. The number of pyridine rings is 1. The molecule has 5 heteroatoms. The first-order chi connectivity index (χ1) is 9.18. The summed E-state index contributed by atoms with van der Waals surface area (Å²) in [4.78, 5) is 29.4. The van der Waals surface area contributed by atoms with Crippen LogP contribution in [0.1, 0.15) is 19.3 Å². The number of piperidine rings is 1. The van der Waals surface area contributed by atoms with Crippen molar-refractivity contribution in [3.05, 3.63) is 30.5 Å². The molecule has 0 aliphatic carbocycles. The standard InChI is InChI=1S/C14H13N3O2/c15-10-6-7-11(9-3-2-8-16-14(9)10)17-12(18)4-1-5-13(17)19/h2-3,6-8H,1,4-5,15H2. The fraction of sp³-hybridized carbons (Fsp3) is 0.214. The molecule has 19 heavy (non-hydrogen) atoms. The molecule has 0 spiro atoms. The number of nitrogens with two attached hydrogens (primary N) is 1. The normalized spacial score (nSPS) is 16.1. The van der Waals surface area contributed by atoms with Crippen LogP contribution in [0.4, 0.5) is 11.4 Å². The maximum atomic E-state index is 12.0. The zero-order chi connectivity index (χ0) is 13.4. The van der Waals surface area contributed by atoms with E-state index in [9.17, 15) is 9.59 Å². The highest BCUT2D eigenvalue weighted by atomic mass is 16.2. The van der Waals surface area contributed by atoms with Crippen molar-refractivity contribution in [2.24, 2.45) is 0 Å². The van der Waals surface area contributed by atoms with E-state index < -0.39 is 0 Å². The van der Waals surface area contributed by atoms with Gasteiger partial charge in [0.05, 0.1) is 16.9 Å². The largest absolute Gasteiger partial charge is 0.397 e. The average molecular weight is 255 g/mol. The number of fused-ring (bicyclic) bond motifs is 1. The minimum atomic E-state index is -0.161. The van der Waals surface area contributed by atoms with Gasteiger partial charge in [0.25, 0.3) is 0 Å². The number of anilines is 2. The molecule has 1 aliphatic rings. The van der Waals surface area contributed by atoms with Crippen LogP contribution < -0.4 is 10.6 Å². The van der Waals surface area contributed by atoms with E-state index in [1.807, 2.05) is 6.07 Å². The molecule has 2 N–H and O–H groups in total. The summed E-state index contributed by atoms with van der Waals surface area (Å²) in [5, 5.41) is 0.728. The van der Waals surface area contributed by atoms with Crippen molar-refractivity contribution in [2.45, 2.75) is 19.3 Å². The van der Waals surface area contributed by atoms with Gasteiger partial charge in [0, 0.05) is 24.4 Å². The molecule has 1 aromatic heterocycles. The number of rotatable bonds is 1. The number of nitrogens with zero attached hydrogens (tertiary/aromatic N) is 2. The van der Waals surface area contributed by atoms with Crippen LogP contribution in [0.25, 0.3) is 10.9 Å². The van der Waals surface area contributed by atoms with E-state index in [0.29, 0.717) is 36.2 Å². The van der Waals surface area contributed by atoms with Gasteiger partial charge in [-0.2, -0.15) is 0 Å². The van der Waals surface area contributed by atoms with Gasteiger partial charge in [0.15, 0.2) is 0 Å². The molecule has 2 aromatic rings. The molecule has 3 rings (SSSR count). The Hall–Kier alpha value is -2.43. The SMILES string of the molecule is Nc1ccc(N2C(=O)CCCC2=O)c2cccnc12. The van der Waals surface area contributed by atoms with Crippen LogP contribution >= 0.6 is 0 Å². The zero-order valence-corrected chi connectivity index (χ0v) is 10.3. The van der Waals surface area contributed by atoms with E-state index in [2.05, 4.69) is 4.98 Å². The molecule has 1 saturated heterocycles. The molecule has 1 aromatic carbocycles. The molecule has 5 nitrogen and oxygen atoms in total. The summed E-state index contributed by atoms with van der Waals surface area (Å²) >= 11 is 0. The maximum Gasteiger partial charge on any atom is 0.233 e. The fourth-order valence-corrected chi connectivity index (χ4v) is 2.40. The van der Waals surface area contributed by atoms with E-state index in [4.69, 9.17) is 5.73 Å². The number of nitrogen functional groups attached to an aromatic ring is 1. The topological polar surface area (TPSA) is 76.3 Å².